The molecule has 1 heteroatoms. The van der Waals surface area contributed by atoms with Gasteiger partial charge in [-0.3, -0.25) is 0 Å². The average Bonchev–Trinajstić information content (AvgIpc) is 1.88. The van der Waals surface area contributed by atoms with Gasteiger partial charge in [0.2, 0.25) is 0 Å². The van der Waals surface area contributed by atoms with E-state index in [1.54, 1.807) is 4.90 Å². The van der Waals surface area contributed by atoms with E-state index in [-0.39, 0.29) is 0 Å². The molecule has 56 valence electrons. The maximum Gasteiger partial charge on any atom is 0.0768 e. The standard InChI is InChI=1S/C8H19N/c1-4-7-9(6-3)8-5-2/h4-8H2,1-3H3/p+1. The van der Waals surface area contributed by atoms with Crippen molar-refractivity contribution >= 4 is 0 Å². The molecule has 0 bridgehead atoms. The first kappa shape index (κ1) is 8.96. The van der Waals surface area contributed by atoms with E-state index in [2.05, 4.69) is 20.8 Å². The van der Waals surface area contributed by atoms with Crippen LogP contribution in [0.5, 0.6) is 0 Å². The van der Waals surface area contributed by atoms with Gasteiger partial charge in [0.25, 0.3) is 0 Å². The Hall–Kier alpha value is -0.0400. The maximum absolute atomic E-state index is 2.26. The molecule has 0 aromatic heterocycles. The van der Waals surface area contributed by atoms with Gasteiger partial charge in [0.05, 0.1) is 19.6 Å². The first-order valence-corrected chi connectivity index (χ1v) is 4.18. The van der Waals surface area contributed by atoms with E-state index in [9.17, 15) is 0 Å². The maximum atomic E-state index is 2.26. The van der Waals surface area contributed by atoms with Gasteiger partial charge in [-0.25, -0.2) is 0 Å². The molecule has 0 saturated heterocycles. The summed E-state index contributed by atoms with van der Waals surface area (Å²) in [5.41, 5.74) is 0. The zero-order chi connectivity index (χ0) is 7.11. The zero-order valence-corrected chi connectivity index (χ0v) is 7.04. The van der Waals surface area contributed by atoms with Crippen molar-refractivity contribution in [1.82, 2.24) is 0 Å². The van der Waals surface area contributed by atoms with E-state index in [0.29, 0.717) is 0 Å². The Morgan fingerprint density at radius 1 is 0.889 bits per heavy atom. The van der Waals surface area contributed by atoms with Gasteiger partial charge in [0.15, 0.2) is 0 Å². The van der Waals surface area contributed by atoms with Gasteiger partial charge >= 0.3 is 0 Å². The third kappa shape index (κ3) is 4.46. The van der Waals surface area contributed by atoms with Gasteiger partial charge in [-0.15, -0.1) is 0 Å². The molecule has 0 rings (SSSR count). The van der Waals surface area contributed by atoms with Crippen molar-refractivity contribution in [2.45, 2.75) is 33.6 Å². The van der Waals surface area contributed by atoms with E-state index < -0.39 is 0 Å². The summed E-state index contributed by atoms with van der Waals surface area (Å²) < 4.78 is 0. The third-order valence-electron chi connectivity index (χ3n) is 1.71. The molecule has 0 atom stereocenters. The monoisotopic (exact) mass is 130 g/mol. The topological polar surface area (TPSA) is 4.44 Å². The highest BCUT2D eigenvalue weighted by atomic mass is 15.1. The van der Waals surface area contributed by atoms with Crippen molar-refractivity contribution < 1.29 is 4.90 Å². The summed E-state index contributed by atoms with van der Waals surface area (Å²) >= 11 is 0. The smallest absolute Gasteiger partial charge is 0.0768 e. The summed E-state index contributed by atoms with van der Waals surface area (Å²) in [7, 11) is 0. The van der Waals surface area contributed by atoms with Crippen LogP contribution in [0.1, 0.15) is 33.6 Å². The van der Waals surface area contributed by atoms with Gasteiger partial charge in [-0.05, 0) is 19.8 Å². The number of hydrogen-bond acceptors (Lipinski definition) is 0. The van der Waals surface area contributed by atoms with Crippen molar-refractivity contribution in [1.29, 1.82) is 0 Å². The van der Waals surface area contributed by atoms with Gasteiger partial charge < -0.3 is 4.90 Å². The summed E-state index contributed by atoms with van der Waals surface area (Å²) in [5, 5.41) is 0. The van der Waals surface area contributed by atoms with Crippen LogP contribution >= 0.6 is 0 Å². The predicted molar refractivity (Wildman–Crippen MR) is 41.8 cm³/mol. The van der Waals surface area contributed by atoms with E-state index in [1.165, 1.54) is 32.5 Å². The minimum absolute atomic E-state index is 1.29. The molecule has 0 aliphatic rings. The third-order valence-corrected chi connectivity index (χ3v) is 1.71. The Labute approximate surface area is 59.1 Å². The highest BCUT2D eigenvalue weighted by Gasteiger charge is 1.99. The van der Waals surface area contributed by atoms with Crippen molar-refractivity contribution in [3.63, 3.8) is 0 Å². The molecule has 0 fully saturated rings. The zero-order valence-electron chi connectivity index (χ0n) is 7.04. The van der Waals surface area contributed by atoms with Gasteiger partial charge in [0, 0.05) is 0 Å². The van der Waals surface area contributed by atoms with Crippen LogP contribution in [0.15, 0.2) is 0 Å². The number of hydrogen-bond donors (Lipinski definition) is 1. The fraction of sp³-hybridized carbons (Fsp3) is 1.00. The van der Waals surface area contributed by atoms with Gasteiger partial charge in [0.1, 0.15) is 0 Å². The molecule has 0 aliphatic carbocycles. The lowest BCUT2D eigenvalue weighted by atomic mass is 10.3. The Kier molecular flexibility index (Phi) is 6.06. The predicted octanol–water partition coefficient (Wildman–Crippen LogP) is 0.711. The SMILES string of the molecule is CCC[NH+](CC)CCC. The molecule has 0 aromatic rings. The quantitative estimate of drug-likeness (QED) is 0.559. The van der Waals surface area contributed by atoms with Crippen LogP contribution < -0.4 is 4.90 Å². The Balaban J connectivity index is 3.18. The molecule has 0 radical (unpaired) electrons. The first-order chi connectivity index (χ1) is 4.35. The summed E-state index contributed by atoms with van der Waals surface area (Å²) in [6.45, 7) is 10.8. The molecule has 0 saturated carbocycles. The fourth-order valence-corrected chi connectivity index (χ4v) is 1.19. The lowest BCUT2D eigenvalue weighted by Gasteiger charge is -2.14. The molecule has 0 heterocycles. The second kappa shape index (κ2) is 6.09. The Bertz CT molecular complexity index is 46.5. The summed E-state index contributed by atoms with van der Waals surface area (Å²) in [4.78, 5) is 1.75. The lowest BCUT2D eigenvalue weighted by molar-refractivity contribution is -0.898. The van der Waals surface area contributed by atoms with Crippen molar-refractivity contribution in [2.75, 3.05) is 19.6 Å². The van der Waals surface area contributed by atoms with Crippen LogP contribution in [0.3, 0.4) is 0 Å². The Morgan fingerprint density at radius 2 is 1.33 bits per heavy atom. The molecule has 0 spiro atoms. The molecule has 1 nitrogen and oxygen atoms in total. The molecular weight excluding hydrogens is 110 g/mol. The van der Waals surface area contributed by atoms with E-state index in [0.717, 1.165) is 0 Å². The van der Waals surface area contributed by atoms with Crippen LogP contribution in [-0.4, -0.2) is 19.6 Å². The van der Waals surface area contributed by atoms with Crippen LogP contribution in [0.25, 0.3) is 0 Å². The highest BCUT2D eigenvalue weighted by molar-refractivity contribution is 4.25. The van der Waals surface area contributed by atoms with Gasteiger partial charge in [-0.1, -0.05) is 13.8 Å². The largest absolute Gasteiger partial charge is 0.335 e. The summed E-state index contributed by atoms with van der Waals surface area (Å²) in [5.74, 6) is 0. The number of rotatable bonds is 5. The summed E-state index contributed by atoms with van der Waals surface area (Å²) in [6, 6.07) is 0. The molecule has 9 heavy (non-hydrogen) atoms. The molecular formula is C8H20N+. The molecule has 0 aliphatic heterocycles. The van der Waals surface area contributed by atoms with Gasteiger partial charge in [-0.2, -0.15) is 0 Å². The average molecular weight is 130 g/mol. The van der Waals surface area contributed by atoms with Crippen LogP contribution in [0.4, 0.5) is 0 Å². The lowest BCUT2D eigenvalue weighted by Crippen LogP contribution is -3.11. The van der Waals surface area contributed by atoms with Crippen LogP contribution in [0.2, 0.25) is 0 Å². The normalized spacial score (nSPS) is 10.7. The minimum atomic E-state index is 1.29. The first-order valence-electron chi connectivity index (χ1n) is 4.18. The second-order valence-electron chi connectivity index (χ2n) is 2.60. The molecule has 0 unspecified atom stereocenters. The minimum Gasteiger partial charge on any atom is -0.335 e. The highest BCUT2D eigenvalue weighted by Crippen LogP contribution is 1.67. The van der Waals surface area contributed by atoms with Crippen molar-refractivity contribution in [3.05, 3.63) is 0 Å². The van der Waals surface area contributed by atoms with Crippen LogP contribution in [-0.2, 0) is 0 Å². The molecule has 0 aromatic carbocycles. The number of nitrogens with one attached hydrogen (secondary N) is 1. The Morgan fingerprint density at radius 3 is 1.56 bits per heavy atom. The molecule has 0 amide bonds. The summed E-state index contributed by atoms with van der Waals surface area (Å²) in [6.07, 6.45) is 2.65. The van der Waals surface area contributed by atoms with Crippen molar-refractivity contribution in [3.8, 4) is 0 Å². The second-order valence-corrected chi connectivity index (χ2v) is 2.60. The number of quaternary nitrogens is 1. The fourth-order valence-electron chi connectivity index (χ4n) is 1.19. The van der Waals surface area contributed by atoms with E-state index in [1.807, 2.05) is 0 Å². The van der Waals surface area contributed by atoms with Crippen LogP contribution in [0, 0.1) is 0 Å². The van der Waals surface area contributed by atoms with Crippen molar-refractivity contribution in [2.24, 2.45) is 0 Å². The van der Waals surface area contributed by atoms with E-state index >= 15 is 0 Å². The molecule has 1 N–H and O–H groups in total. The van der Waals surface area contributed by atoms with E-state index in [4.69, 9.17) is 0 Å².